The van der Waals surface area contributed by atoms with E-state index in [2.05, 4.69) is 5.32 Å². The zero-order valence-corrected chi connectivity index (χ0v) is 17.9. The Hall–Kier alpha value is -3.35. The van der Waals surface area contributed by atoms with Crippen LogP contribution >= 0.6 is 0 Å². The Morgan fingerprint density at radius 3 is 2.42 bits per heavy atom. The van der Waals surface area contributed by atoms with Crippen molar-refractivity contribution in [3.8, 4) is 5.75 Å². The van der Waals surface area contributed by atoms with Crippen LogP contribution < -0.4 is 10.1 Å². The lowest BCUT2D eigenvalue weighted by molar-refractivity contribution is -0.133. The van der Waals surface area contributed by atoms with E-state index in [4.69, 9.17) is 4.74 Å². The van der Waals surface area contributed by atoms with E-state index < -0.39 is 5.54 Å². The molecule has 2 saturated heterocycles. The highest BCUT2D eigenvalue weighted by Gasteiger charge is 2.52. The summed E-state index contributed by atoms with van der Waals surface area (Å²) in [5.41, 5.74) is 1.62. The Bertz CT molecular complexity index is 994. The normalized spacial score (nSPS) is 17.7. The van der Waals surface area contributed by atoms with Crippen molar-refractivity contribution < 1.29 is 19.1 Å². The van der Waals surface area contributed by atoms with E-state index >= 15 is 0 Å². The molecule has 0 unspecified atom stereocenters. The minimum absolute atomic E-state index is 0.118. The van der Waals surface area contributed by atoms with Crippen LogP contribution in [0, 0.1) is 6.92 Å². The first kappa shape index (κ1) is 20.9. The van der Waals surface area contributed by atoms with E-state index in [1.165, 1.54) is 4.90 Å². The molecule has 2 aromatic carbocycles. The molecule has 2 heterocycles. The minimum atomic E-state index is -0.933. The summed E-state index contributed by atoms with van der Waals surface area (Å²) in [5.74, 6) is 0.233. The zero-order valence-electron chi connectivity index (χ0n) is 17.9. The molecule has 0 aliphatic carbocycles. The van der Waals surface area contributed by atoms with Gasteiger partial charge in [-0.25, -0.2) is 4.79 Å². The number of ether oxygens (including phenoxy) is 1. The van der Waals surface area contributed by atoms with Crippen LogP contribution in [0.3, 0.4) is 0 Å². The van der Waals surface area contributed by atoms with Gasteiger partial charge in [0.25, 0.3) is 11.8 Å². The summed E-state index contributed by atoms with van der Waals surface area (Å²) in [6.07, 6.45) is 0.787. The monoisotopic (exact) mass is 421 g/mol. The predicted octanol–water partition coefficient (Wildman–Crippen LogP) is 3.12. The van der Waals surface area contributed by atoms with Gasteiger partial charge in [0.15, 0.2) is 0 Å². The number of piperidine rings is 1. The van der Waals surface area contributed by atoms with Crippen molar-refractivity contribution in [2.24, 2.45) is 0 Å². The quantitative estimate of drug-likeness (QED) is 0.753. The molecular formula is C24H27N3O4. The van der Waals surface area contributed by atoms with Crippen LogP contribution in [0.2, 0.25) is 0 Å². The second-order valence-corrected chi connectivity index (χ2v) is 8.11. The predicted molar refractivity (Wildman–Crippen MR) is 116 cm³/mol. The second-order valence-electron chi connectivity index (χ2n) is 8.11. The molecule has 4 amide bonds. The van der Waals surface area contributed by atoms with Crippen molar-refractivity contribution in [1.82, 2.24) is 15.1 Å². The Morgan fingerprint density at radius 1 is 1.06 bits per heavy atom. The SMILES string of the molecule is CCOc1ccccc1C(=O)N1CCC2(CC1)NC(=O)N(Cc1ccc(C)cc1)C2=O. The number of urea groups is 1. The molecule has 0 aromatic heterocycles. The van der Waals surface area contributed by atoms with Crippen LogP contribution in [0.25, 0.3) is 0 Å². The number of aryl methyl sites for hydroxylation is 1. The number of imide groups is 1. The smallest absolute Gasteiger partial charge is 0.325 e. The fourth-order valence-corrected chi connectivity index (χ4v) is 4.22. The van der Waals surface area contributed by atoms with E-state index in [0.29, 0.717) is 43.9 Å². The standard InChI is InChI=1S/C24H27N3O4/c1-3-31-20-7-5-4-6-19(20)21(28)26-14-12-24(13-15-26)22(29)27(23(30)25-24)16-18-10-8-17(2)9-11-18/h4-11H,3,12-16H2,1-2H3,(H,25,30). The van der Waals surface area contributed by atoms with E-state index in [1.807, 2.05) is 50.2 Å². The number of hydrogen-bond acceptors (Lipinski definition) is 4. The van der Waals surface area contributed by atoms with E-state index in [-0.39, 0.29) is 24.4 Å². The summed E-state index contributed by atoms with van der Waals surface area (Å²) in [6.45, 7) is 5.38. The molecular weight excluding hydrogens is 394 g/mol. The molecule has 2 aromatic rings. The lowest BCUT2D eigenvalue weighted by Crippen LogP contribution is -2.55. The van der Waals surface area contributed by atoms with Crippen molar-refractivity contribution in [2.45, 2.75) is 38.8 Å². The van der Waals surface area contributed by atoms with Gasteiger partial charge >= 0.3 is 6.03 Å². The molecule has 0 saturated carbocycles. The van der Waals surface area contributed by atoms with Crippen LogP contribution in [0.5, 0.6) is 5.75 Å². The third-order valence-electron chi connectivity index (χ3n) is 6.03. The van der Waals surface area contributed by atoms with Crippen molar-refractivity contribution in [3.05, 3.63) is 65.2 Å². The molecule has 2 aliphatic heterocycles. The highest BCUT2D eigenvalue weighted by Crippen LogP contribution is 2.32. The maximum atomic E-state index is 13.2. The maximum Gasteiger partial charge on any atom is 0.325 e. The van der Waals surface area contributed by atoms with Crippen LogP contribution in [-0.4, -0.2) is 52.9 Å². The highest BCUT2D eigenvalue weighted by atomic mass is 16.5. The third-order valence-corrected chi connectivity index (χ3v) is 6.03. The van der Waals surface area contributed by atoms with Crippen molar-refractivity contribution in [1.29, 1.82) is 0 Å². The van der Waals surface area contributed by atoms with Gasteiger partial charge in [-0.15, -0.1) is 0 Å². The van der Waals surface area contributed by atoms with Crippen LogP contribution in [0.4, 0.5) is 4.79 Å². The summed E-state index contributed by atoms with van der Waals surface area (Å²) in [6, 6.07) is 14.6. The minimum Gasteiger partial charge on any atom is -0.493 e. The fraction of sp³-hybridized carbons (Fsp3) is 0.375. The number of amides is 4. The molecule has 0 bridgehead atoms. The van der Waals surface area contributed by atoms with E-state index in [1.54, 1.807) is 17.0 Å². The first-order valence-electron chi connectivity index (χ1n) is 10.6. The van der Waals surface area contributed by atoms with Crippen LogP contribution in [0.15, 0.2) is 48.5 Å². The van der Waals surface area contributed by atoms with Gasteiger partial charge in [-0.3, -0.25) is 14.5 Å². The van der Waals surface area contributed by atoms with E-state index in [0.717, 1.165) is 11.1 Å². The summed E-state index contributed by atoms with van der Waals surface area (Å²) in [7, 11) is 0. The number of nitrogens with one attached hydrogen (secondary N) is 1. The zero-order chi connectivity index (χ0) is 22.0. The third kappa shape index (κ3) is 4.00. The number of para-hydroxylation sites is 1. The summed E-state index contributed by atoms with van der Waals surface area (Å²) >= 11 is 0. The second kappa shape index (κ2) is 8.41. The Balaban J connectivity index is 1.44. The Labute approximate surface area is 182 Å². The molecule has 1 N–H and O–H groups in total. The van der Waals surface area contributed by atoms with Gasteiger partial charge in [0, 0.05) is 13.1 Å². The molecule has 0 atom stereocenters. The van der Waals surface area contributed by atoms with E-state index in [9.17, 15) is 14.4 Å². The van der Waals surface area contributed by atoms with Gasteiger partial charge < -0.3 is 15.0 Å². The topological polar surface area (TPSA) is 79.0 Å². The molecule has 7 nitrogen and oxygen atoms in total. The van der Waals surface area contributed by atoms with Crippen molar-refractivity contribution >= 4 is 17.8 Å². The van der Waals surface area contributed by atoms with Crippen LogP contribution in [0.1, 0.15) is 41.3 Å². The first-order valence-corrected chi connectivity index (χ1v) is 10.6. The largest absolute Gasteiger partial charge is 0.493 e. The highest BCUT2D eigenvalue weighted by molar-refractivity contribution is 6.07. The van der Waals surface area contributed by atoms with Gasteiger partial charge in [0.1, 0.15) is 11.3 Å². The average molecular weight is 421 g/mol. The summed E-state index contributed by atoms with van der Waals surface area (Å²) in [4.78, 5) is 41.8. The van der Waals surface area contributed by atoms with Gasteiger partial charge in [0.05, 0.1) is 18.7 Å². The first-order chi connectivity index (χ1) is 14.9. The number of carbonyl (C=O) groups excluding carboxylic acids is 3. The van der Waals surface area contributed by atoms with Crippen molar-refractivity contribution in [3.63, 3.8) is 0 Å². The average Bonchev–Trinajstić information content (AvgIpc) is 3.00. The molecule has 1 spiro atoms. The number of likely N-dealkylation sites (tertiary alicyclic amines) is 1. The number of rotatable bonds is 5. The summed E-state index contributed by atoms with van der Waals surface area (Å²) < 4.78 is 5.59. The lowest BCUT2D eigenvalue weighted by Gasteiger charge is -2.37. The Morgan fingerprint density at radius 2 is 1.74 bits per heavy atom. The number of benzene rings is 2. The maximum absolute atomic E-state index is 13.2. The molecule has 7 heteroatoms. The molecule has 31 heavy (non-hydrogen) atoms. The van der Waals surface area contributed by atoms with Gasteiger partial charge in [-0.2, -0.15) is 0 Å². The Kier molecular flexibility index (Phi) is 5.67. The lowest BCUT2D eigenvalue weighted by atomic mass is 9.87. The van der Waals surface area contributed by atoms with Gasteiger partial charge in [-0.1, -0.05) is 42.0 Å². The number of hydrogen-bond donors (Lipinski definition) is 1. The molecule has 4 rings (SSSR count). The molecule has 162 valence electrons. The molecule has 0 radical (unpaired) electrons. The summed E-state index contributed by atoms with van der Waals surface area (Å²) in [5, 5.41) is 2.91. The molecule has 2 aliphatic rings. The van der Waals surface area contributed by atoms with Crippen LogP contribution in [-0.2, 0) is 11.3 Å². The molecule has 2 fully saturated rings. The van der Waals surface area contributed by atoms with Crippen molar-refractivity contribution in [2.75, 3.05) is 19.7 Å². The van der Waals surface area contributed by atoms with Gasteiger partial charge in [-0.05, 0) is 44.4 Å². The van der Waals surface area contributed by atoms with Gasteiger partial charge in [0.2, 0.25) is 0 Å². The number of carbonyl (C=O) groups is 3. The fourth-order valence-electron chi connectivity index (χ4n) is 4.22. The number of nitrogens with zero attached hydrogens (tertiary/aromatic N) is 2.